The number of piperidine rings is 1. The maximum Gasteiger partial charge on any atom is 0.132 e. The number of hydrogen-bond acceptors (Lipinski definition) is 5. The van der Waals surface area contributed by atoms with E-state index < -0.39 is 0 Å². The van der Waals surface area contributed by atoms with Gasteiger partial charge in [-0.15, -0.1) is 0 Å². The highest BCUT2D eigenvalue weighted by molar-refractivity contribution is 5.40. The molecule has 2 aromatic heterocycles. The van der Waals surface area contributed by atoms with Crippen molar-refractivity contribution in [1.29, 1.82) is 0 Å². The summed E-state index contributed by atoms with van der Waals surface area (Å²) in [5.74, 6) is 3.34. The number of ether oxygens (including phenoxy) is 1. The molecule has 2 aromatic rings. The predicted octanol–water partition coefficient (Wildman–Crippen LogP) is 2.40. The fourth-order valence-corrected chi connectivity index (χ4v) is 3.74. The summed E-state index contributed by atoms with van der Waals surface area (Å²) >= 11 is 0. The Morgan fingerprint density at radius 1 is 1.17 bits per heavy atom. The first-order valence-electron chi connectivity index (χ1n) is 8.92. The van der Waals surface area contributed by atoms with Gasteiger partial charge in [-0.25, -0.2) is 15.0 Å². The van der Waals surface area contributed by atoms with Crippen molar-refractivity contribution in [1.82, 2.24) is 19.5 Å². The third-order valence-electron chi connectivity index (χ3n) is 5.34. The molecule has 0 radical (unpaired) electrons. The first-order chi connectivity index (χ1) is 11.8. The number of hydrogen-bond donors (Lipinski definition) is 0. The zero-order chi connectivity index (χ0) is 16.4. The average molecular weight is 327 g/mol. The van der Waals surface area contributed by atoms with Gasteiger partial charge in [0, 0.05) is 50.6 Å². The van der Waals surface area contributed by atoms with E-state index >= 15 is 0 Å². The van der Waals surface area contributed by atoms with Crippen molar-refractivity contribution in [3.05, 3.63) is 36.3 Å². The van der Waals surface area contributed by atoms with Crippen LogP contribution in [-0.2, 0) is 11.3 Å². The third kappa shape index (κ3) is 3.29. The molecule has 4 rings (SSSR count). The molecule has 0 saturated carbocycles. The van der Waals surface area contributed by atoms with E-state index in [0.717, 1.165) is 62.5 Å². The Hall–Kier alpha value is -1.95. The molecule has 1 atom stereocenters. The number of imidazole rings is 1. The quantitative estimate of drug-likeness (QED) is 0.863. The topological polar surface area (TPSA) is 56.1 Å². The Morgan fingerprint density at radius 2 is 2.04 bits per heavy atom. The molecule has 24 heavy (non-hydrogen) atoms. The molecule has 0 aromatic carbocycles. The van der Waals surface area contributed by atoms with Crippen LogP contribution in [0.25, 0.3) is 0 Å². The van der Waals surface area contributed by atoms with Crippen molar-refractivity contribution < 1.29 is 4.74 Å². The summed E-state index contributed by atoms with van der Waals surface area (Å²) in [6.45, 7) is 6.93. The SMILES string of the molecule is Cc1nccn1CC1CCN(c2cc([C@H]3CCOC3)ncn2)CC1. The summed E-state index contributed by atoms with van der Waals surface area (Å²) in [5, 5.41) is 0. The predicted molar refractivity (Wildman–Crippen MR) is 92.1 cm³/mol. The molecule has 6 nitrogen and oxygen atoms in total. The van der Waals surface area contributed by atoms with Gasteiger partial charge in [0.2, 0.25) is 0 Å². The fraction of sp³-hybridized carbons (Fsp3) is 0.611. The summed E-state index contributed by atoms with van der Waals surface area (Å²) in [6.07, 6.45) is 9.15. The first-order valence-corrected chi connectivity index (χ1v) is 8.92. The Labute approximate surface area is 142 Å². The summed E-state index contributed by atoms with van der Waals surface area (Å²) < 4.78 is 7.76. The molecule has 0 spiro atoms. The molecule has 2 aliphatic heterocycles. The molecule has 2 fully saturated rings. The van der Waals surface area contributed by atoms with E-state index in [9.17, 15) is 0 Å². The normalized spacial score (nSPS) is 22.2. The highest BCUT2D eigenvalue weighted by Gasteiger charge is 2.23. The molecule has 0 amide bonds. The lowest BCUT2D eigenvalue weighted by Gasteiger charge is -2.33. The van der Waals surface area contributed by atoms with Gasteiger partial charge in [-0.1, -0.05) is 0 Å². The maximum atomic E-state index is 5.49. The summed E-state index contributed by atoms with van der Waals surface area (Å²) in [4.78, 5) is 15.7. The summed E-state index contributed by atoms with van der Waals surface area (Å²) in [6, 6.07) is 2.17. The van der Waals surface area contributed by atoms with E-state index in [1.807, 2.05) is 6.20 Å². The van der Waals surface area contributed by atoms with Crippen LogP contribution in [0.1, 0.15) is 36.7 Å². The zero-order valence-electron chi connectivity index (χ0n) is 14.3. The van der Waals surface area contributed by atoms with Gasteiger partial charge in [0.05, 0.1) is 12.3 Å². The smallest absolute Gasteiger partial charge is 0.132 e. The molecular formula is C18H25N5O. The molecule has 4 heterocycles. The van der Waals surface area contributed by atoms with E-state index in [0.29, 0.717) is 5.92 Å². The Bertz CT molecular complexity index is 672. The molecule has 0 unspecified atom stereocenters. The number of rotatable bonds is 4. The van der Waals surface area contributed by atoms with Crippen molar-refractivity contribution in [2.75, 3.05) is 31.2 Å². The molecule has 2 aliphatic rings. The van der Waals surface area contributed by atoms with E-state index in [-0.39, 0.29) is 0 Å². The minimum absolute atomic E-state index is 0.438. The van der Waals surface area contributed by atoms with Crippen molar-refractivity contribution >= 4 is 5.82 Å². The second kappa shape index (κ2) is 6.89. The molecular weight excluding hydrogens is 302 g/mol. The zero-order valence-corrected chi connectivity index (χ0v) is 14.3. The highest BCUT2D eigenvalue weighted by Crippen LogP contribution is 2.27. The van der Waals surface area contributed by atoms with Gasteiger partial charge in [-0.3, -0.25) is 0 Å². The first kappa shape index (κ1) is 15.6. The standard InChI is InChI=1S/C18H25N5O/c1-14-19-5-8-23(14)11-15-2-6-22(7-3-15)18-10-17(20-13-21-18)16-4-9-24-12-16/h5,8,10,13,15-16H,2-4,6-7,9,11-12H2,1H3/t16-/m0/s1. The molecule has 6 heteroatoms. The summed E-state index contributed by atoms with van der Waals surface area (Å²) in [5.41, 5.74) is 1.13. The minimum Gasteiger partial charge on any atom is -0.381 e. The van der Waals surface area contributed by atoms with Gasteiger partial charge in [-0.2, -0.15) is 0 Å². The van der Waals surface area contributed by atoms with Crippen LogP contribution in [0.5, 0.6) is 0 Å². The van der Waals surface area contributed by atoms with Crippen LogP contribution in [0.4, 0.5) is 5.82 Å². The summed E-state index contributed by atoms with van der Waals surface area (Å²) in [7, 11) is 0. The van der Waals surface area contributed by atoms with Crippen LogP contribution >= 0.6 is 0 Å². The second-order valence-corrected chi connectivity index (χ2v) is 6.92. The monoisotopic (exact) mass is 327 g/mol. The van der Waals surface area contributed by atoms with Crippen LogP contribution in [0.15, 0.2) is 24.8 Å². The number of nitrogens with zero attached hydrogens (tertiary/aromatic N) is 5. The van der Waals surface area contributed by atoms with Crippen LogP contribution in [0.3, 0.4) is 0 Å². The van der Waals surface area contributed by atoms with Crippen molar-refractivity contribution in [3.8, 4) is 0 Å². The van der Waals surface area contributed by atoms with Crippen molar-refractivity contribution in [3.63, 3.8) is 0 Å². The van der Waals surface area contributed by atoms with Crippen LogP contribution < -0.4 is 4.90 Å². The largest absolute Gasteiger partial charge is 0.381 e. The average Bonchev–Trinajstić information content (AvgIpc) is 3.28. The van der Waals surface area contributed by atoms with E-state index in [1.165, 1.54) is 12.8 Å². The highest BCUT2D eigenvalue weighted by atomic mass is 16.5. The number of aromatic nitrogens is 4. The fourth-order valence-electron chi connectivity index (χ4n) is 3.74. The van der Waals surface area contributed by atoms with E-state index in [4.69, 9.17) is 4.74 Å². The van der Waals surface area contributed by atoms with Gasteiger partial charge in [-0.05, 0) is 32.1 Å². The molecule has 128 valence electrons. The molecule has 0 aliphatic carbocycles. The van der Waals surface area contributed by atoms with Crippen LogP contribution in [-0.4, -0.2) is 45.8 Å². The van der Waals surface area contributed by atoms with Crippen molar-refractivity contribution in [2.45, 2.75) is 38.6 Å². The third-order valence-corrected chi connectivity index (χ3v) is 5.34. The van der Waals surface area contributed by atoms with Crippen molar-refractivity contribution in [2.24, 2.45) is 5.92 Å². The van der Waals surface area contributed by atoms with Gasteiger partial charge in [0.15, 0.2) is 0 Å². The lowest BCUT2D eigenvalue weighted by Crippen LogP contribution is -2.35. The van der Waals surface area contributed by atoms with E-state index in [2.05, 4.69) is 43.6 Å². The molecule has 2 saturated heterocycles. The lowest BCUT2D eigenvalue weighted by molar-refractivity contribution is 0.193. The minimum atomic E-state index is 0.438. The van der Waals surface area contributed by atoms with Gasteiger partial charge in [0.1, 0.15) is 18.0 Å². The van der Waals surface area contributed by atoms with Crippen LogP contribution in [0.2, 0.25) is 0 Å². The van der Waals surface area contributed by atoms with Crippen LogP contribution in [0, 0.1) is 12.8 Å². The lowest BCUT2D eigenvalue weighted by atomic mass is 9.96. The van der Waals surface area contributed by atoms with Gasteiger partial charge < -0.3 is 14.2 Å². The van der Waals surface area contributed by atoms with E-state index in [1.54, 1.807) is 6.33 Å². The van der Waals surface area contributed by atoms with Gasteiger partial charge >= 0.3 is 0 Å². The Morgan fingerprint density at radius 3 is 2.75 bits per heavy atom. The Balaban J connectivity index is 1.37. The molecule has 0 bridgehead atoms. The molecule has 0 N–H and O–H groups in total. The Kier molecular flexibility index (Phi) is 4.47. The number of aryl methyl sites for hydroxylation is 1. The second-order valence-electron chi connectivity index (χ2n) is 6.92. The maximum absolute atomic E-state index is 5.49. The number of anilines is 1. The van der Waals surface area contributed by atoms with Gasteiger partial charge in [0.25, 0.3) is 0 Å².